The Kier molecular flexibility index (Phi) is 2.61. The summed E-state index contributed by atoms with van der Waals surface area (Å²) >= 11 is 0. The molecule has 0 bridgehead atoms. The van der Waals surface area contributed by atoms with E-state index in [9.17, 15) is 4.79 Å². The van der Waals surface area contributed by atoms with Crippen LogP contribution >= 0.6 is 0 Å². The Balaban J connectivity index is 1.71. The number of para-hydroxylation sites is 1. The summed E-state index contributed by atoms with van der Waals surface area (Å²) in [5, 5.41) is 4.03. The van der Waals surface area contributed by atoms with E-state index in [2.05, 4.69) is 11.4 Å². The number of hydrogen-bond acceptors (Lipinski definition) is 2. The molecule has 3 aromatic rings. The van der Waals surface area contributed by atoms with E-state index in [-0.39, 0.29) is 11.8 Å². The van der Waals surface area contributed by atoms with Crippen LogP contribution in [0.25, 0.3) is 11.0 Å². The van der Waals surface area contributed by atoms with Crippen LogP contribution < -0.4 is 5.32 Å². The molecule has 4 rings (SSSR count). The zero-order valence-electron chi connectivity index (χ0n) is 11.7. The molecule has 1 unspecified atom stereocenters. The molecular weight excluding hydrogens is 262 g/mol. The minimum Gasteiger partial charge on any atom is -0.461 e. The van der Waals surface area contributed by atoms with Gasteiger partial charge < -0.3 is 9.73 Å². The number of benzene rings is 2. The van der Waals surface area contributed by atoms with Gasteiger partial charge in [-0.25, -0.2) is 0 Å². The van der Waals surface area contributed by atoms with E-state index < -0.39 is 0 Å². The predicted octanol–water partition coefficient (Wildman–Crippen LogP) is 4.02. The summed E-state index contributed by atoms with van der Waals surface area (Å²) < 4.78 is 5.84. The highest BCUT2D eigenvalue weighted by atomic mass is 16.3. The van der Waals surface area contributed by atoms with Crippen molar-refractivity contribution < 1.29 is 9.21 Å². The van der Waals surface area contributed by atoms with Gasteiger partial charge in [0.1, 0.15) is 11.3 Å². The van der Waals surface area contributed by atoms with Crippen LogP contribution in [0.4, 0.5) is 5.69 Å². The topological polar surface area (TPSA) is 42.2 Å². The Morgan fingerprint density at radius 2 is 2.00 bits per heavy atom. The van der Waals surface area contributed by atoms with E-state index in [1.54, 1.807) is 0 Å². The second kappa shape index (κ2) is 4.48. The van der Waals surface area contributed by atoms with Crippen LogP contribution in [0, 0.1) is 6.92 Å². The standard InChI is InChI=1S/C18H15NO2/c1-11-6-7-16-14(8-11)15(18(20)19-16)10-13-9-12-4-2-3-5-17(12)21-13/h2-9,15H,10H2,1H3,(H,19,20). The van der Waals surface area contributed by atoms with Crippen LogP contribution in [0.5, 0.6) is 0 Å². The summed E-state index contributed by atoms with van der Waals surface area (Å²) in [5.41, 5.74) is 4.03. The second-order valence-corrected chi connectivity index (χ2v) is 5.59. The van der Waals surface area contributed by atoms with Crippen molar-refractivity contribution in [1.82, 2.24) is 0 Å². The lowest BCUT2D eigenvalue weighted by molar-refractivity contribution is -0.117. The molecule has 1 atom stereocenters. The molecule has 3 nitrogen and oxygen atoms in total. The van der Waals surface area contributed by atoms with Crippen molar-refractivity contribution in [1.29, 1.82) is 0 Å². The highest BCUT2D eigenvalue weighted by molar-refractivity contribution is 6.03. The van der Waals surface area contributed by atoms with Gasteiger partial charge >= 0.3 is 0 Å². The van der Waals surface area contributed by atoms with Crippen molar-refractivity contribution in [3.8, 4) is 0 Å². The largest absolute Gasteiger partial charge is 0.461 e. The molecule has 2 heterocycles. The van der Waals surface area contributed by atoms with Gasteiger partial charge in [0.25, 0.3) is 0 Å². The van der Waals surface area contributed by atoms with Crippen LogP contribution in [0.15, 0.2) is 52.9 Å². The van der Waals surface area contributed by atoms with Crippen molar-refractivity contribution in [3.05, 3.63) is 65.4 Å². The van der Waals surface area contributed by atoms with E-state index in [1.807, 2.05) is 49.4 Å². The molecule has 0 saturated carbocycles. The normalized spacial score (nSPS) is 17.0. The van der Waals surface area contributed by atoms with E-state index in [0.29, 0.717) is 6.42 Å². The van der Waals surface area contributed by atoms with Crippen LogP contribution in [-0.4, -0.2) is 5.91 Å². The number of amides is 1. The minimum absolute atomic E-state index is 0.0519. The van der Waals surface area contributed by atoms with Gasteiger partial charge in [-0.3, -0.25) is 4.79 Å². The first-order valence-corrected chi connectivity index (χ1v) is 7.09. The van der Waals surface area contributed by atoms with E-state index in [0.717, 1.165) is 28.0 Å². The summed E-state index contributed by atoms with van der Waals surface area (Å²) in [5.74, 6) is 0.738. The van der Waals surface area contributed by atoms with Gasteiger partial charge in [0.2, 0.25) is 5.91 Å². The van der Waals surface area contributed by atoms with E-state index >= 15 is 0 Å². The first kappa shape index (κ1) is 12.2. The quantitative estimate of drug-likeness (QED) is 0.768. The summed E-state index contributed by atoms with van der Waals surface area (Å²) in [6, 6.07) is 16.0. The number of carbonyl (C=O) groups excluding carboxylic acids is 1. The lowest BCUT2D eigenvalue weighted by Crippen LogP contribution is -2.13. The monoisotopic (exact) mass is 277 g/mol. The van der Waals surface area contributed by atoms with Crippen molar-refractivity contribution in [2.45, 2.75) is 19.3 Å². The molecule has 3 heteroatoms. The molecule has 1 aromatic heterocycles. The SMILES string of the molecule is Cc1ccc2c(c1)C(Cc1cc3ccccc3o1)C(=O)N2. The number of fused-ring (bicyclic) bond motifs is 2. The third-order valence-electron chi connectivity index (χ3n) is 4.04. The number of rotatable bonds is 2. The number of anilines is 1. The van der Waals surface area contributed by atoms with Gasteiger partial charge in [0, 0.05) is 17.5 Å². The van der Waals surface area contributed by atoms with Gasteiger partial charge in [-0.2, -0.15) is 0 Å². The molecule has 1 aliphatic rings. The van der Waals surface area contributed by atoms with Crippen molar-refractivity contribution in [2.24, 2.45) is 0 Å². The van der Waals surface area contributed by atoms with Crippen LogP contribution in [0.3, 0.4) is 0 Å². The maximum atomic E-state index is 12.2. The third kappa shape index (κ3) is 2.02. The molecule has 0 aliphatic carbocycles. The van der Waals surface area contributed by atoms with Crippen molar-refractivity contribution in [2.75, 3.05) is 5.32 Å². The van der Waals surface area contributed by atoms with Crippen LogP contribution in [-0.2, 0) is 11.2 Å². The fourth-order valence-corrected chi connectivity index (χ4v) is 2.99. The molecule has 0 saturated heterocycles. The molecule has 1 amide bonds. The van der Waals surface area contributed by atoms with E-state index in [1.165, 1.54) is 5.56 Å². The smallest absolute Gasteiger partial charge is 0.232 e. The maximum absolute atomic E-state index is 12.2. The fraction of sp³-hybridized carbons (Fsp3) is 0.167. The number of furan rings is 1. The van der Waals surface area contributed by atoms with Gasteiger partial charge in [0.05, 0.1) is 5.92 Å². The molecule has 21 heavy (non-hydrogen) atoms. The van der Waals surface area contributed by atoms with Crippen LogP contribution in [0.2, 0.25) is 0 Å². The molecule has 1 N–H and O–H groups in total. The third-order valence-corrected chi connectivity index (χ3v) is 4.04. The van der Waals surface area contributed by atoms with Gasteiger partial charge in [-0.1, -0.05) is 35.9 Å². The highest BCUT2D eigenvalue weighted by Crippen LogP contribution is 2.36. The Bertz CT molecular complexity index is 814. The molecule has 0 radical (unpaired) electrons. The molecule has 2 aromatic carbocycles. The van der Waals surface area contributed by atoms with Crippen molar-refractivity contribution >= 4 is 22.6 Å². The number of carbonyl (C=O) groups is 1. The first-order valence-electron chi connectivity index (χ1n) is 7.09. The molecule has 1 aliphatic heterocycles. The highest BCUT2D eigenvalue weighted by Gasteiger charge is 2.31. The fourth-order valence-electron chi connectivity index (χ4n) is 2.99. The van der Waals surface area contributed by atoms with Gasteiger partial charge in [-0.15, -0.1) is 0 Å². The van der Waals surface area contributed by atoms with E-state index in [4.69, 9.17) is 4.42 Å². The predicted molar refractivity (Wildman–Crippen MR) is 82.5 cm³/mol. The summed E-state index contributed by atoms with van der Waals surface area (Å²) in [6.45, 7) is 2.04. The summed E-state index contributed by atoms with van der Waals surface area (Å²) in [4.78, 5) is 12.2. The zero-order valence-corrected chi connectivity index (χ0v) is 11.7. The lowest BCUT2D eigenvalue weighted by atomic mass is 9.95. The Hall–Kier alpha value is -2.55. The summed E-state index contributed by atoms with van der Waals surface area (Å²) in [6.07, 6.45) is 0.594. The Labute approximate surface area is 122 Å². The molecule has 104 valence electrons. The minimum atomic E-state index is -0.166. The van der Waals surface area contributed by atoms with Crippen molar-refractivity contribution in [3.63, 3.8) is 0 Å². The van der Waals surface area contributed by atoms with Gasteiger partial charge in [0.15, 0.2) is 0 Å². The summed E-state index contributed by atoms with van der Waals surface area (Å²) in [7, 11) is 0. The maximum Gasteiger partial charge on any atom is 0.232 e. The Morgan fingerprint density at radius 1 is 1.14 bits per heavy atom. The average molecular weight is 277 g/mol. The van der Waals surface area contributed by atoms with Gasteiger partial charge in [-0.05, 0) is 30.7 Å². The lowest BCUT2D eigenvalue weighted by Gasteiger charge is -2.07. The van der Waals surface area contributed by atoms with Crippen LogP contribution in [0.1, 0.15) is 22.8 Å². The second-order valence-electron chi connectivity index (χ2n) is 5.59. The Morgan fingerprint density at radius 3 is 2.86 bits per heavy atom. The average Bonchev–Trinajstić information content (AvgIpc) is 3.01. The molecule has 0 fully saturated rings. The molecule has 0 spiro atoms. The zero-order chi connectivity index (χ0) is 14.4. The number of hydrogen-bond donors (Lipinski definition) is 1. The first-order chi connectivity index (χ1) is 10.2. The number of nitrogens with one attached hydrogen (secondary N) is 1. The molecular formula is C18H15NO2. The number of aryl methyl sites for hydroxylation is 1.